The van der Waals surface area contributed by atoms with Gasteiger partial charge in [-0.05, 0) is 17.1 Å². The molecular weight excluding hydrogens is 144 g/mol. The first kappa shape index (κ1) is 7.60. The molecule has 61 valence electrons. The fourth-order valence-electron chi connectivity index (χ4n) is 1.71. The summed E-state index contributed by atoms with van der Waals surface area (Å²) in [5, 5.41) is 0. The summed E-state index contributed by atoms with van der Waals surface area (Å²) in [5.41, 5.74) is 2.79. The minimum atomic E-state index is 0.613. The summed E-state index contributed by atoms with van der Waals surface area (Å²) >= 11 is 0. The van der Waals surface area contributed by atoms with Gasteiger partial charge in [0.05, 0.1) is 0 Å². The predicted molar refractivity (Wildman–Crippen MR) is 52.5 cm³/mol. The minimum Gasteiger partial charge on any atom is -0.0732 e. The van der Waals surface area contributed by atoms with Gasteiger partial charge in [0.1, 0.15) is 0 Å². The number of allylic oxidation sites excluding steroid dienone is 8. The molecule has 0 heterocycles. The van der Waals surface area contributed by atoms with Crippen LogP contribution in [0, 0.1) is 11.8 Å². The fourth-order valence-corrected chi connectivity index (χ4v) is 1.71. The molecule has 12 heavy (non-hydrogen) atoms. The van der Waals surface area contributed by atoms with Gasteiger partial charge >= 0.3 is 0 Å². The summed E-state index contributed by atoms with van der Waals surface area (Å²) in [7, 11) is 0. The van der Waals surface area contributed by atoms with Crippen LogP contribution in [-0.4, -0.2) is 0 Å². The third-order valence-corrected chi connectivity index (χ3v) is 2.61. The first-order valence-electron chi connectivity index (χ1n) is 4.40. The van der Waals surface area contributed by atoms with Gasteiger partial charge in [0, 0.05) is 5.92 Å². The molecule has 2 aliphatic carbocycles. The van der Waals surface area contributed by atoms with Crippen LogP contribution in [0.1, 0.15) is 13.8 Å². The van der Waals surface area contributed by atoms with Crippen molar-refractivity contribution in [3.63, 3.8) is 0 Å². The van der Waals surface area contributed by atoms with Crippen molar-refractivity contribution in [3.8, 4) is 0 Å². The zero-order valence-electron chi connectivity index (χ0n) is 7.54. The van der Waals surface area contributed by atoms with E-state index in [1.54, 1.807) is 0 Å². The SMILES string of the molecule is C[C]1C2=CC=CC=CC2=CC1C. The van der Waals surface area contributed by atoms with E-state index in [0.717, 1.165) is 0 Å². The monoisotopic (exact) mass is 157 g/mol. The summed E-state index contributed by atoms with van der Waals surface area (Å²) in [4.78, 5) is 0. The van der Waals surface area contributed by atoms with E-state index in [-0.39, 0.29) is 0 Å². The molecule has 1 radical (unpaired) electrons. The van der Waals surface area contributed by atoms with Gasteiger partial charge in [-0.25, -0.2) is 0 Å². The highest BCUT2D eigenvalue weighted by Gasteiger charge is 2.24. The van der Waals surface area contributed by atoms with Crippen LogP contribution in [0.3, 0.4) is 0 Å². The number of hydrogen-bond donors (Lipinski definition) is 0. The molecule has 0 N–H and O–H groups in total. The summed E-state index contributed by atoms with van der Waals surface area (Å²) in [5.74, 6) is 2.10. The molecule has 0 bridgehead atoms. The summed E-state index contributed by atoms with van der Waals surface area (Å²) < 4.78 is 0. The lowest BCUT2D eigenvalue weighted by atomic mass is 9.94. The average molecular weight is 157 g/mol. The lowest BCUT2D eigenvalue weighted by Crippen LogP contribution is -1.97. The van der Waals surface area contributed by atoms with Crippen molar-refractivity contribution in [2.75, 3.05) is 0 Å². The fraction of sp³-hybridized carbons (Fsp3) is 0.250. The molecule has 2 rings (SSSR count). The minimum absolute atomic E-state index is 0.613. The zero-order chi connectivity index (χ0) is 8.55. The Balaban J connectivity index is 2.43. The second-order valence-corrected chi connectivity index (χ2v) is 3.42. The lowest BCUT2D eigenvalue weighted by Gasteiger charge is -2.09. The third-order valence-electron chi connectivity index (χ3n) is 2.61. The van der Waals surface area contributed by atoms with Gasteiger partial charge in [0.15, 0.2) is 0 Å². The molecule has 0 aliphatic heterocycles. The van der Waals surface area contributed by atoms with Gasteiger partial charge < -0.3 is 0 Å². The van der Waals surface area contributed by atoms with Crippen molar-refractivity contribution >= 4 is 0 Å². The van der Waals surface area contributed by atoms with Crippen LogP contribution in [0.4, 0.5) is 0 Å². The van der Waals surface area contributed by atoms with Gasteiger partial charge in [0.2, 0.25) is 0 Å². The second kappa shape index (κ2) is 2.78. The first-order chi connectivity index (χ1) is 5.79. The van der Waals surface area contributed by atoms with Crippen LogP contribution in [-0.2, 0) is 0 Å². The van der Waals surface area contributed by atoms with Crippen LogP contribution in [0.5, 0.6) is 0 Å². The number of fused-ring (bicyclic) bond motifs is 1. The molecule has 0 saturated carbocycles. The summed E-state index contributed by atoms with van der Waals surface area (Å²) in [6.07, 6.45) is 13.0. The van der Waals surface area contributed by atoms with Gasteiger partial charge in [-0.1, -0.05) is 50.3 Å². The topological polar surface area (TPSA) is 0 Å². The quantitative estimate of drug-likeness (QED) is 0.506. The lowest BCUT2D eigenvalue weighted by molar-refractivity contribution is 0.796. The molecule has 0 aromatic heterocycles. The highest BCUT2D eigenvalue weighted by Crippen LogP contribution is 2.38. The Kier molecular flexibility index (Phi) is 1.76. The van der Waals surface area contributed by atoms with Crippen LogP contribution in [0.2, 0.25) is 0 Å². The predicted octanol–water partition coefficient (Wildman–Crippen LogP) is 3.21. The largest absolute Gasteiger partial charge is 0.0732 e. The van der Waals surface area contributed by atoms with Gasteiger partial charge in [-0.15, -0.1) is 0 Å². The number of hydrogen-bond acceptors (Lipinski definition) is 0. The molecule has 2 aliphatic rings. The van der Waals surface area contributed by atoms with E-state index < -0.39 is 0 Å². The standard InChI is InChI=1S/C12H13/c1-9-8-11-6-4-3-5-7-12(11)10(9)2/h3-9H,1-2H3. The third kappa shape index (κ3) is 1.08. The van der Waals surface area contributed by atoms with E-state index in [4.69, 9.17) is 0 Å². The van der Waals surface area contributed by atoms with Crippen molar-refractivity contribution in [2.45, 2.75) is 13.8 Å². The maximum Gasteiger partial charge on any atom is 0.00908 e. The van der Waals surface area contributed by atoms with Gasteiger partial charge in [0.25, 0.3) is 0 Å². The molecule has 0 heteroatoms. The van der Waals surface area contributed by atoms with Crippen molar-refractivity contribution in [3.05, 3.63) is 53.5 Å². The molecule has 1 atom stereocenters. The van der Waals surface area contributed by atoms with Crippen molar-refractivity contribution in [2.24, 2.45) is 5.92 Å². The van der Waals surface area contributed by atoms with Crippen molar-refractivity contribution in [1.82, 2.24) is 0 Å². The smallest absolute Gasteiger partial charge is 0.00908 e. The average Bonchev–Trinajstić information content (AvgIpc) is 2.30. The van der Waals surface area contributed by atoms with E-state index in [2.05, 4.69) is 50.3 Å². The Morgan fingerprint density at radius 2 is 2.00 bits per heavy atom. The normalized spacial score (nSPS) is 28.0. The van der Waals surface area contributed by atoms with E-state index in [1.165, 1.54) is 17.1 Å². The second-order valence-electron chi connectivity index (χ2n) is 3.42. The Labute approximate surface area is 74.0 Å². The highest BCUT2D eigenvalue weighted by molar-refractivity contribution is 5.57. The molecule has 0 amide bonds. The Hall–Kier alpha value is -1.04. The maximum atomic E-state index is 2.32. The van der Waals surface area contributed by atoms with E-state index in [0.29, 0.717) is 5.92 Å². The van der Waals surface area contributed by atoms with Crippen LogP contribution in [0.15, 0.2) is 47.6 Å². The Bertz CT molecular complexity index is 300. The molecule has 0 nitrogen and oxygen atoms in total. The molecule has 0 aromatic rings. The maximum absolute atomic E-state index is 2.32. The van der Waals surface area contributed by atoms with E-state index in [1.807, 2.05) is 0 Å². The van der Waals surface area contributed by atoms with Crippen LogP contribution in [0.25, 0.3) is 0 Å². The molecule has 0 spiro atoms. The zero-order valence-corrected chi connectivity index (χ0v) is 7.54. The van der Waals surface area contributed by atoms with Crippen molar-refractivity contribution in [1.29, 1.82) is 0 Å². The molecule has 0 fully saturated rings. The van der Waals surface area contributed by atoms with Gasteiger partial charge in [-0.2, -0.15) is 0 Å². The van der Waals surface area contributed by atoms with Crippen molar-refractivity contribution < 1.29 is 0 Å². The molecule has 1 unspecified atom stereocenters. The first-order valence-corrected chi connectivity index (χ1v) is 4.40. The number of rotatable bonds is 0. The summed E-state index contributed by atoms with van der Waals surface area (Å²) in [6.45, 7) is 4.46. The summed E-state index contributed by atoms with van der Waals surface area (Å²) in [6, 6.07) is 0. The highest BCUT2D eigenvalue weighted by atomic mass is 14.3. The Morgan fingerprint density at radius 1 is 1.17 bits per heavy atom. The molecule has 0 aromatic carbocycles. The van der Waals surface area contributed by atoms with Gasteiger partial charge in [-0.3, -0.25) is 0 Å². The molecule has 0 saturated heterocycles. The van der Waals surface area contributed by atoms with Crippen LogP contribution < -0.4 is 0 Å². The molecular formula is C12H13. The Morgan fingerprint density at radius 3 is 2.83 bits per heavy atom. The van der Waals surface area contributed by atoms with E-state index in [9.17, 15) is 0 Å². The van der Waals surface area contributed by atoms with Crippen LogP contribution >= 0.6 is 0 Å². The van der Waals surface area contributed by atoms with E-state index >= 15 is 0 Å².